The first-order valence-corrected chi connectivity index (χ1v) is 16.2. The molecule has 0 unspecified atom stereocenters. The summed E-state index contributed by atoms with van der Waals surface area (Å²) in [6, 6.07) is 21.3. The monoisotopic (exact) mass is 617 g/mol. The highest BCUT2D eigenvalue weighted by atomic mass is 35.5. The molecule has 2 amide bonds. The molecule has 0 saturated heterocycles. The Bertz CT molecular complexity index is 1430. The predicted molar refractivity (Wildman–Crippen MR) is 167 cm³/mol. The minimum absolute atomic E-state index is 0.0221. The van der Waals surface area contributed by atoms with Crippen molar-refractivity contribution < 1.29 is 18.0 Å². The maximum Gasteiger partial charge on any atom is 0.243 e. The predicted octanol–water partition coefficient (Wildman–Crippen LogP) is 6.01. The summed E-state index contributed by atoms with van der Waals surface area (Å²) in [5, 5.41) is 3.55. The number of anilines is 1. The van der Waals surface area contributed by atoms with Crippen LogP contribution >= 0.6 is 23.2 Å². The van der Waals surface area contributed by atoms with Crippen LogP contribution in [0.1, 0.15) is 42.9 Å². The number of benzene rings is 3. The van der Waals surface area contributed by atoms with Crippen molar-refractivity contribution in [2.24, 2.45) is 0 Å². The van der Waals surface area contributed by atoms with E-state index in [1.165, 1.54) is 12.1 Å². The highest BCUT2D eigenvalue weighted by molar-refractivity contribution is 7.92. The minimum atomic E-state index is -3.71. The van der Waals surface area contributed by atoms with Gasteiger partial charge in [0.05, 0.1) is 17.0 Å². The van der Waals surface area contributed by atoms with Crippen molar-refractivity contribution in [1.29, 1.82) is 0 Å². The van der Waals surface area contributed by atoms with E-state index in [1.807, 2.05) is 68.4 Å². The molecule has 7 nitrogen and oxygen atoms in total. The average molecular weight is 619 g/mol. The highest BCUT2D eigenvalue weighted by Gasteiger charge is 2.30. The van der Waals surface area contributed by atoms with E-state index >= 15 is 0 Å². The van der Waals surface area contributed by atoms with Crippen molar-refractivity contribution >= 4 is 50.7 Å². The van der Waals surface area contributed by atoms with Gasteiger partial charge in [0, 0.05) is 37.5 Å². The van der Waals surface area contributed by atoms with Crippen LogP contribution in [0.2, 0.25) is 10.0 Å². The van der Waals surface area contributed by atoms with E-state index in [4.69, 9.17) is 23.2 Å². The standard InChI is InChI=1S/C31H37Cl2N3O4S/c1-4-17-34-31(38)29(20-24-11-6-5-7-12-24)35(22-25-13-8-10-23(2)19-25)30(37)14-9-18-36(41(3,39)40)28-21-26(32)15-16-27(28)33/h5-8,10-13,15-16,19,21,29H,4,9,14,17-18,20,22H2,1-3H3,(H,34,38)/t29-/m0/s1. The van der Waals surface area contributed by atoms with Crippen LogP contribution in [0.5, 0.6) is 0 Å². The quantitative estimate of drug-likeness (QED) is 0.240. The van der Waals surface area contributed by atoms with Gasteiger partial charge >= 0.3 is 0 Å². The lowest BCUT2D eigenvalue weighted by Crippen LogP contribution is -2.50. The number of rotatable bonds is 14. The number of halogens is 2. The van der Waals surface area contributed by atoms with Gasteiger partial charge in [-0.25, -0.2) is 8.42 Å². The fourth-order valence-electron chi connectivity index (χ4n) is 4.59. The molecule has 3 aromatic rings. The molecular formula is C31H37Cl2N3O4S. The molecule has 3 rings (SSSR count). The molecule has 0 heterocycles. The van der Waals surface area contributed by atoms with E-state index in [9.17, 15) is 18.0 Å². The van der Waals surface area contributed by atoms with E-state index in [2.05, 4.69) is 5.32 Å². The second-order valence-corrected chi connectivity index (χ2v) is 12.8. The Hall–Kier alpha value is -3.07. The Morgan fingerprint density at radius 1 is 0.951 bits per heavy atom. The molecule has 41 heavy (non-hydrogen) atoms. The molecule has 0 radical (unpaired) electrons. The number of hydrogen-bond acceptors (Lipinski definition) is 4. The SMILES string of the molecule is CCCNC(=O)[C@H](Cc1ccccc1)N(Cc1cccc(C)c1)C(=O)CCCN(c1cc(Cl)ccc1Cl)S(C)(=O)=O. The molecule has 0 fully saturated rings. The van der Waals surface area contributed by atoms with Gasteiger partial charge in [-0.1, -0.05) is 90.3 Å². The molecule has 1 atom stereocenters. The number of amides is 2. The average Bonchev–Trinajstić information content (AvgIpc) is 2.93. The number of nitrogens with zero attached hydrogens (tertiary/aromatic N) is 2. The van der Waals surface area contributed by atoms with Crippen LogP contribution < -0.4 is 9.62 Å². The van der Waals surface area contributed by atoms with Gasteiger partial charge in [0.1, 0.15) is 6.04 Å². The first-order valence-electron chi connectivity index (χ1n) is 13.6. The van der Waals surface area contributed by atoms with E-state index in [-0.39, 0.29) is 48.5 Å². The van der Waals surface area contributed by atoms with Crippen molar-refractivity contribution in [3.63, 3.8) is 0 Å². The van der Waals surface area contributed by atoms with Gasteiger partial charge in [-0.3, -0.25) is 13.9 Å². The van der Waals surface area contributed by atoms with Gasteiger partial charge in [-0.15, -0.1) is 0 Å². The normalized spacial score (nSPS) is 12.0. The first-order chi connectivity index (χ1) is 19.5. The number of nitrogens with one attached hydrogen (secondary N) is 1. The molecule has 0 spiro atoms. The number of sulfonamides is 1. The zero-order valence-corrected chi connectivity index (χ0v) is 26.0. The summed E-state index contributed by atoms with van der Waals surface area (Å²) in [5.41, 5.74) is 3.15. The third kappa shape index (κ3) is 9.76. The molecule has 0 aromatic heterocycles. The number of hydrogen-bond donors (Lipinski definition) is 1. The van der Waals surface area contributed by atoms with Gasteiger partial charge in [0.25, 0.3) is 0 Å². The van der Waals surface area contributed by atoms with E-state index in [0.29, 0.717) is 18.0 Å². The summed E-state index contributed by atoms with van der Waals surface area (Å²) in [5.74, 6) is -0.468. The third-order valence-electron chi connectivity index (χ3n) is 6.58. The summed E-state index contributed by atoms with van der Waals surface area (Å²) in [6.45, 7) is 4.72. The zero-order valence-electron chi connectivity index (χ0n) is 23.6. The third-order valence-corrected chi connectivity index (χ3v) is 8.32. The summed E-state index contributed by atoms with van der Waals surface area (Å²) in [4.78, 5) is 28.9. The fraction of sp³-hybridized carbons (Fsp3) is 0.355. The summed E-state index contributed by atoms with van der Waals surface area (Å²) >= 11 is 12.4. The Morgan fingerprint density at radius 3 is 2.32 bits per heavy atom. The molecular weight excluding hydrogens is 581 g/mol. The topological polar surface area (TPSA) is 86.8 Å². The molecule has 3 aromatic carbocycles. The van der Waals surface area contributed by atoms with Crippen molar-refractivity contribution in [1.82, 2.24) is 10.2 Å². The van der Waals surface area contributed by atoms with Gasteiger partial charge < -0.3 is 10.2 Å². The Morgan fingerprint density at radius 2 is 1.66 bits per heavy atom. The molecule has 0 aliphatic rings. The lowest BCUT2D eigenvalue weighted by atomic mass is 10.0. The lowest BCUT2D eigenvalue weighted by molar-refractivity contribution is -0.141. The summed E-state index contributed by atoms with van der Waals surface area (Å²) < 4.78 is 26.5. The maximum absolute atomic E-state index is 13.9. The number of carbonyl (C=O) groups excluding carboxylic acids is 2. The first kappa shape index (κ1) is 32.4. The second kappa shape index (κ2) is 15.2. The zero-order chi connectivity index (χ0) is 30.0. The molecule has 0 saturated carbocycles. The molecule has 10 heteroatoms. The summed E-state index contributed by atoms with van der Waals surface area (Å²) in [6.07, 6.45) is 2.45. The van der Waals surface area contributed by atoms with Crippen LogP contribution in [0.15, 0.2) is 72.8 Å². The lowest BCUT2D eigenvalue weighted by Gasteiger charge is -2.32. The molecule has 0 bridgehead atoms. The van der Waals surface area contributed by atoms with Crippen LogP contribution in [-0.2, 0) is 32.6 Å². The maximum atomic E-state index is 13.9. The van der Waals surface area contributed by atoms with Crippen molar-refractivity contribution in [2.45, 2.75) is 52.1 Å². The Balaban J connectivity index is 1.89. The molecule has 0 aliphatic heterocycles. The molecule has 1 N–H and O–H groups in total. The van der Waals surface area contributed by atoms with Gasteiger partial charge in [-0.2, -0.15) is 0 Å². The van der Waals surface area contributed by atoms with Crippen LogP contribution in [0, 0.1) is 6.92 Å². The Kier molecular flexibility index (Phi) is 12.1. The van der Waals surface area contributed by atoms with Crippen LogP contribution in [-0.4, -0.2) is 50.5 Å². The fourth-order valence-corrected chi connectivity index (χ4v) is 5.99. The van der Waals surface area contributed by atoms with Crippen LogP contribution in [0.3, 0.4) is 0 Å². The Labute approximate surface area is 253 Å². The summed E-state index contributed by atoms with van der Waals surface area (Å²) in [7, 11) is -3.71. The smallest absolute Gasteiger partial charge is 0.243 e. The molecule has 0 aliphatic carbocycles. The van der Waals surface area contributed by atoms with Gasteiger partial charge in [0.2, 0.25) is 21.8 Å². The van der Waals surface area contributed by atoms with Crippen molar-refractivity contribution in [2.75, 3.05) is 23.7 Å². The number of aryl methyl sites for hydroxylation is 1. The van der Waals surface area contributed by atoms with E-state index < -0.39 is 16.1 Å². The van der Waals surface area contributed by atoms with Gasteiger partial charge in [-0.05, 0) is 49.1 Å². The van der Waals surface area contributed by atoms with Crippen molar-refractivity contribution in [3.05, 3.63) is 99.5 Å². The number of carbonyl (C=O) groups is 2. The largest absolute Gasteiger partial charge is 0.354 e. The second-order valence-electron chi connectivity index (χ2n) is 10.0. The van der Waals surface area contributed by atoms with Crippen LogP contribution in [0.25, 0.3) is 0 Å². The highest BCUT2D eigenvalue weighted by Crippen LogP contribution is 2.31. The molecule has 220 valence electrons. The van der Waals surface area contributed by atoms with Gasteiger partial charge in [0.15, 0.2) is 0 Å². The minimum Gasteiger partial charge on any atom is -0.354 e. The van der Waals surface area contributed by atoms with Crippen LogP contribution in [0.4, 0.5) is 5.69 Å². The van der Waals surface area contributed by atoms with Crippen molar-refractivity contribution in [3.8, 4) is 0 Å². The van der Waals surface area contributed by atoms with E-state index in [1.54, 1.807) is 11.0 Å². The van der Waals surface area contributed by atoms with E-state index in [0.717, 1.165) is 33.7 Å².